The second-order valence-corrected chi connectivity index (χ2v) is 5.57. The molecule has 0 radical (unpaired) electrons. The SMILES string of the molecule is COc1cccc(CCNC(=O)c2ccc3c(c2)OCCCO3)c1. The lowest BCUT2D eigenvalue weighted by Gasteiger charge is -2.10. The maximum Gasteiger partial charge on any atom is 0.251 e. The number of benzene rings is 2. The Kier molecular flexibility index (Phi) is 5.21. The van der Waals surface area contributed by atoms with Crippen LogP contribution in [0.3, 0.4) is 0 Å². The van der Waals surface area contributed by atoms with Crippen LogP contribution in [0.5, 0.6) is 17.2 Å². The van der Waals surface area contributed by atoms with Crippen LogP contribution in [0.1, 0.15) is 22.3 Å². The average molecular weight is 327 g/mol. The maximum atomic E-state index is 12.3. The van der Waals surface area contributed by atoms with Gasteiger partial charge in [0.15, 0.2) is 11.5 Å². The minimum atomic E-state index is -0.117. The number of hydrogen-bond acceptors (Lipinski definition) is 4. The molecule has 0 fully saturated rings. The maximum absolute atomic E-state index is 12.3. The molecule has 1 heterocycles. The van der Waals surface area contributed by atoms with Crippen molar-refractivity contribution in [2.75, 3.05) is 26.9 Å². The molecule has 0 aliphatic carbocycles. The van der Waals surface area contributed by atoms with E-state index in [-0.39, 0.29) is 5.91 Å². The van der Waals surface area contributed by atoms with Crippen molar-refractivity contribution >= 4 is 5.91 Å². The molecule has 2 aromatic rings. The van der Waals surface area contributed by atoms with Crippen molar-refractivity contribution in [1.29, 1.82) is 0 Å². The van der Waals surface area contributed by atoms with Gasteiger partial charge in [-0.25, -0.2) is 0 Å². The van der Waals surface area contributed by atoms with Gasteiger partial charge in [-0.2, -0.15) is 0 Å². The zero-order valence-electron chi connectivity index (χ0n) is 13.7. The van der Waals surface area contributed by atoms with Gasteiger partial charge in [0, 0.05) is 18.5 Å². The normalized spacial score (nSPS) is 13.0. The number of amides is 1. The predicted octanol–water partition coefficient (Wildman–Crippen LogP) is 2.83. The summed E-state index contributed by atoms with van der Waals surface area (Å²) in [6.45, 7) is 1.80. The van der Waals surface area contributed by atoms with Crippen LogP contribution in [-0.2, 0) is 6.42 Å². The molecular formula is C19H21NO4. The van der Waals surface area contributed by atoms with Crippen LogP contribution in [0.2, 0.25) is 0 Å². The van der Waals surface area contributed by atoms with Gasteiger partial charge in [0.1, 0.15) is 5.75 Å². The number of rotatable bonds is 5. The summed E-state index contributed by atoms with van der Waals surface area (Å²) in [5.74, 6) is 2.03. The second kappa shape index (κ2) is 7.73. The van der Waals surface area contributed by atoms with Gasteiger partial charge in [-0.3, -0.25) is 4.79 Å². The van der Waals surface area contributed by atoms with Crippen LogP contribution in [-0.4, -0.2) is 32.8 Å². The zero-order valence-corrected chi connectivity index (χ0v) is 13.7. The molecule has 0 saturated carbocycles. The van der Waals surface area contributed by atoms with Crippen molar-refractivity contribution in [2.45, 2.75) is 12.8 Å². The lowest BCUT2D eigenvalue weighted by atomic mass is 10.1. The smallest absolute Gasteiger partial charge is 0.251 e. The van der Waals surface area contributed by atoms with Crippen molar-refractivity contribution < 1.29 is 19.0 Å². The van der Waals surface area contributed by atoms with Crippen molar-refractivity contribution in [3.63, 3.8) is 0 Å². The number of nitrogens with one attached hydrogen (secondary N) is 1. The van der Waals surface area contributed by atoms with Crippen LogP contribution in [0, 0.1) is 0 Å². The summed E-state index contributed by atoms with van der Waals surface area (Å²) in [5, 5.41) is 2.93. The number of hydrogen-bond donors (Lipinski definition) is 1. The first kappa shape index (κ1) is 16.2. The Balaban J connectivity index is 1.58. The third-order valence-corrected chi connectivity index (χ3v) is 3.84. The molecular weight excluding hydrogens is 306 g/mol. The summed E-state index contributed by atoms with van der Waals surface area (Å²) in [6.07, 6.45) is 1.59. The highest BCUT2D eigenvalue weighted by atomic mass is 16.5. The molecule has 5 heteroatoms. The van der Waals surface area contributed by atoms with E-state index < -0.39 is 0 Å². The minimum Gasteiger partial charge on any atom is -0.497 e. The average Bonchev–Trinajstić information content (AvgIpc) is 2.86. The van der Waals surface area contributed by atoms with E-state index in [0.717, 1.165) is 24.2 Å². The summed E-state index contributed by atoms with van der Waals surface area (Å²) in [6, 6.07) is 13.1. The van der Waals surface area contributed by atoms with Crippen molar-refractivity contribution in [1.82, 2.24) is 5.32 Å². The summed E-state index contributed by atoms with van der Waals surface area (Å²) in [5.41, 5.74) is 1.69. The molecule has 1 aliphatic heterocycles. The number of carbonyl (C=O) groups is 1. The van der Waals surface area contributed by atoms with Gasteiger partial charge in [0.25, 0.3) is 5.91 Å². The number of fused-ring (bicyclic) bond motifs is 1. The Morgan fingerprint density at radius 2 is 1.96 bits per heavy atom. The molecule has 0 bridgehead atoms. The highest BCUT2D eigenvalue weighted by molar-refractivity contribution is 5.94. The van der Waals surface area contributed by atoms with Crippen LogP contribution < -0.4 is 19.5 Å². The third-order valence-electron chi connectivity index (χ3n) is 3.84. The molecule has 0 unspecified atom stereocenters. The molecule has 126 valence electrons. The van der Waals surface area contributed by atoms with Gasteiger partial charge in [-0.05, 0) is 42.3 Å². The van der Waals surface area contributed by atoms with E-state index in [1.165, 1.54) is 0 Å². The van der Waals surface area contributed by atoms with Crippen molar-refractivity contribution in [3.8, 4) is 17.2 Å². The topological polar surface area (TPSA) is 56.8 Å². The first-order chi connectivity index (χ1) is 11.8. The molecule has 0 spiro atoms. The van der Waals surface area contributed by atoms with Gasteiger partial charge < -0.3 is 19.5 Å². The predicted molar refractivity (Wildman–Crippen MR) is 91.1 cm³/mol. The third kappa shape index (κ3) is 3.98. The fraction of sp³-hybridized carbons (Fsp3) is 0.316. The molecule has 1 amide bonds. The van der Waals surface area contributed by atoms with Crippen molar-refractivity contribution in [3.05, 3.63) is 53.6 Å². The number of methoxy groups -OCH3 is 1. The summed E-state index contributed by atoms with van der Waals surface area (Å²) < 4.78 is 16.4. The molecule has 0 atom stereocenters. The highest BCUT2D eigenvalue weighted by Crippen LogP contribution is 2.30. The fourth-order valence-corrected chi connectivity index (χ4v) is 2.55. The zero-order chi connectivity index (χ0) is 16.8. The standard InChI is InChI=1S/C19H21NO4/c1-22-16-5-2-4-14(12-16)8-9-20-19(21)15-6-7-17-18(13-15)24-11-3-10-23-17/h2,4-7,12-13H,3,8-11H2,1H3,(H,20,21). The van der Waals surface area contributed by atoms with Crippen LogP contribution >= 0.6 is 0 Å². The Morgan fingerprint density at radius 3 is 2.79 bits per heavy atom. The molecule has 3 rings (SSSR count). The first-order valence-corrected chi connectivity index (χ1v) is 8.07. The quantitative estimate of drug-likeness (QED) is 0.917. The molecule has 2 aromatic carbocycles. The summed E-state index contributed by atoms with van der Waals surface area (Å²) in [7, 11) is 1.64. The Labute approximate surface area is 141 Å². The lowest BCUT2D eigenvalue weighted by Crippen LogP contribution is -2.25. The van der Waals surface area contributed by atoms with Gasteiger partial charge in [0.2, 0.25) is 0 Å². The monoisotopic (exact) mass is 327 g/mol. The lowest BCUT2D eigenvalue weighted by molar-refractivity contribution is 0.0953. The Morgan fingerprint density at radius 1 is 1.12 bits per heavy atom. The minimum absolute atomic E-state index is 0.117. The van der Waals surface area contributed by atoms with E-state index in [4.69, 9.17) is 14.2 Å². The summed E-state index contributed by atoms with van der Waals surface area (Å²) >= 11 is 0. The molecule has 0 saturated heterocycles. The molecule has 5 nitrogen and oxygen atoms in total. The Bertz CT molecular complexity index is 714. The number of carbonyl (C=O) groups excluding carboxylic acids is 1. The van der Waals surface area contributed by atoms with E-state index in [0.29, 0.717) is 36.8 Å². The molecule has 0 aromatic heterocycles. The summed E-state index contributed by atoms with van der Waals surface area (Å²) in [4.78, 5) is 12.3. The first-order valence-electron chi connectivity index (χ1n) is 8.07. The van der Waals surface area contributed by atoms with E-state index >= 15 is 0 Å². The van der Waals surface area contributed by atoms with Gasteiger partial charge in [0.05, 0.1) is 20.3 Å². The Hall–Kier alpha value is -2.69. The van der Waals surface area contributed by atoms with Crippen molar-refractivity contribution in [2.24, 2.45) is 0 Å². The van der Waals surface area contributed by atoms with Gasteiger partial charge in [-0.1, -0.05) is 12.1 Å². The fourth-order valence-electron chi connectivity index (χ4n) is 2.55. The van der Waals surface area contributed by atoms with Gasteiger partial charge >= 0.3 is 0 Å². The molecule has 1 aliphatic rings. The molecule has 24 heavy (non-hydrogen) atoms. The molecule has 1 N–H and O–H groups in total. The van der Waals surface area contributed by atoms with Crippen LogP contribution in [0.15, 0.2) is 42.5 Å². The van der Waals surface area contributed by atoms with E-state index in [2.05, 4.69) is 5.32 Å². The van der Waals surface area contributed by atoms with E-state index in [1.54, 1.807) is 25.3 Å². The second-order valence-electron chi connectivity index (χ2n) is 5.57. The highest BCUT2D eigenvalue weighted by Gasteiger charge is 2.13. The van der Waals surface area contributed by atoms with E-state index in [9.17, 15) is 4.79 Å². The van der Waals surface area contributed by atoms with Crippen LogP contribution in [0.25, 0.3) is 0 Å². The van der Waals surface area contributed by atoms with E-state index in [1.807, 2.05) is 24.3 Å². The van der Waals surface area contributed by atoms with Crippen LogP contribution in [0.4, 0.5) is 0 Å². The largest absolute Gasteiger partial charge is 0.497 e. The number of ether oxygens (including phenoxy) is 3. The van der Waals surface area contributed by atoms with Gasteiger partial charge in [-0.15, -0.1) is 0 Å².